The van der Waals surface area contributed by atoms with E-state index in [1.165, 1.54) is 11.1 Å². The first-order valence-corrected chi connectivity index (χ1v) is 17.6. The predicted octanol–water partition coefficient (Wildman–Crippen LogP) is 6.28. The standard InChI is InChI=1S/C36H54N6O4.C2H6/c1-6-10-29(5)38-31(26-44)24-42-25-35(37-14-9-15-40(7-2)17-18-43)39-33-13-12-30(22-34(33)42)23-41(16-8-11-36(45)46)32-20-27(3)19-28(4)21-32;1-2/h10,12-13,19-22,43-44H,6-9,11,14-18,23-26H2,1-5H3,(H,37,39)(H,45,46);1-2H3/b29-10-,38-31?;. The summed E-state index contributed by atoms with van der Waals surface area (Å²) in [7, 11) is 0. The third-order valence-corrected chi connectivity index (χ3v) is 7.97. The Bertz CT molecular complexity index is 1350. The van der Waals surface area contributed by atoms with Gasteiger partial charge < -0.3 is 35.3 Å². The highest BCUT2D eigenvalue weighted by Crippen LogP contribution is 2.32. The molecule has 48 heavy (non-hydrogen) atoms. The number of aliphatic hydroxyl groups excluding tert-OH is 2. The summed E-state index contributed by atoms with van der Waals surface area (Å²) in [6.45, 7) is 19.7. The maximum Gasteiger partial charge on any atom is 0.303 e. The van der Waals surface area contributed by atoms with Crippen LogP contribution in [0.25, 0.3) is 0 Å². The van der Waals surface area contributed by atoms with Gasteiger partial charge in [0, 0.05) is 44.0 Å². The van der Waals surface area contributed by atoms with Crippen molar-refractivity contribution in [2.24, 2.45) is 9.98 Å². The van der Waals surface area contributed by atoms with E-state index < -0.39 is 5.97 Å². The Morgan fingerprint density at radius 3 is 2.38 bits per heavy atom. The SMILES string of the molecule is CC.CC/C=C(/C)N=C(CO)CN1CC(=NCCCN(CC)CCO)Nc2ccc(CN(CCCC(=O)O)c3cc(C)cc(C)c3)cc21. The Balaban J connectivity index is 0.00000392. The van der Waals surface area contributed by atoms with Crippen LogP contribution < -0.4 is 15.1 Å². The zero-order valence-electron chi connectivity index (χ0n) is 30.4. The molecule has 0 aromatic heterocycles. The number of carboxylic acid groups (broad SMARTS) is 1. The van der Waals surface area contributed by atoms with Gasteiger partial charge in [0.1, 0.15) is 5.84 Å². The van der Waals surface area contributed by atoms with Crippen molar-refractivity contribution in [2.45, 2.75) is 80.7 Å². The normalized spacial score (nSPS) is 14.0. The molecule has 10 nitrogen and oxygen atoms in total. The maximum atomic E-state index is 11.3. The van der Waals surface area contributed by atoms with Crippen LogP contribution in [0.2, 0.25) is 0 Å². The summed E-state index contributed by atoms with van der Waals surface area (Å²) in [4.78, 5) is 27.6. The van der Waals surface area contributed by atoms with Gasteiger partial charge >= 0.3 is 5.97 Å². The van der Waals surface area contributed by atoms with E-state index in [1.54, 1.807) is 0 Å². The summed E-state index contributed by atoms with van der Waals surface area (Å²) >= 11 is 0. The van der Waals surface area contributed by atoms with Crippen molar-refractivity contribution in [3.05, 3.63) is 64.9 Å². The van der Waals surface area contributed by atoms with Gasteiger partial charge in [-0.1, -0.05) is 45.9 Å². The largest absolute Gasteiger partial charge is 0.481 e. The molecule has 2 aromatic carbocycles. The predicted molar refractivity (Wildman–Crippen MR) is 202 cm³/mol. The number of anilines is 3. The van der Waals surface area contributed by atoms with Gasteiger partial charge in [-0.3, -0.25) is 14.8 Å². The van der Waals surface area contributed by atoms with Gasteiger partial charge in [0.25, 0.3) is 0 Å². The molecule has 0 amide bonds. The first kappa shape index (κ1) is 40.4. The highest BCUT2D eigenvalue weighted by molar-refractivity contribution is 6.06. The van der Waals surface area contributed by atoms with E-state index in [4.69, 9.17) is 9.98 Å². The number of benzene rings is 2. The van der Waals surface area contributed by atoms with Crippen molar-refractivity contribution in [3.8, 4) is 0 Å². The number of likely N-dealkylation sites (N-methyl/N-ethyl adjacent to an activating group) is 1. The molecule has 1 heterocycles. The maximum absolute atomic E-state index is 11.3. The molecule has 0 atom stereocenters. The molecule has 0 saturated heterocycles. The molecule has 2 aromatic rings. The fourth-order valence-corrected chi connectivity index (χ4v) is 5.82. The number of aliphatic imine (C=N–C) groups is 2. The van der Waals surface area contributed by atoms with Crippen molar-refractivity contribution in [3.63, 3.8) is 0 Å². The molecular weight excluding hydrogens is 604 g/mol. The monoisotopic (exact) mass is 664 g/mol. The van der Waals surface area contributed by atoms with Crippen molar-refractivity contribution < 1.29 is 20.1 Å². The minimum atomic E-state index is -0.786. The van der Waals surface area contributed by atoms with E-state index >= 15 is 0 Å². The Kier molecular flexibility index (Phi) is 18.5. The number of carboxylic acids is 1. The van der Waals surface area contributed by atoms with Gasteiger partial charge in [-0.2, -0.15) is 0 Å². The second kappa shape index (κ2) is 22.0. The van der Waals surface area contributed by atoms with Crippen LogP contribution in [0.5, 0.6) is 0 Å². The van der Waals surface area contributed by atoms with Crippen LogP contribution in [0.1, 0.15) is 77.0 Å². The molecule has 266 valence electrons. The zero-order valence-corrected chi connectivity index (χ0v) is 30.4. The van der Waals surface area contributed by atoms with E-state index in [0.717, 1.165) is 60.1 Å². The lowest BCUT2D eigenvalue weighted by atomic mass is 10.1. The Hall–Kier alpha value is -3.73. The smallest absolute Gasteiger partial charge is 0.303 e. The first-order chi connectivity index (χ1) is 23.1. The number of aryl methyl sites for hydroxylation is 2. The molecule has 0 saturated carbocycles. The third kappa shape index (κ3) is 13.8. The molecule has 0 unspecified atom stereocenters. The van der Waals surface area contributed by atoms with E-state index in [1.807, 2.05) is 20.8 Å². The van der Waals surface area contributed by atoms with E-state index in [2.05, 4.69) is 90.2 Å². The number of rotatable bonds is 19. The van der Waals surface area contributed by atoms with Crippen LogP contribution in [-0.4, -0.2) is 96.8 Å². The third-order valence-electron chi connectivity index (χ3n) is 7.97. The Labute approximate surface area is 288 Å². The number of nitrogens with zero attached hydrogens (tertiary/aromatic N) is 5. The molecule has 0 aliphatic carbocycles. The number of aliphatic carboxylic acids is 1. The summed E-state index contributed by atoms with van der Waals surface area (Å²) < 4.78 is 0. The summed E-state index contributed by atoms with van der Waals surface area (Å²) in [5.41, 5.74) is 8.07. The average Bonchev–Trinajstić information content (AvgIpc) is 3.06. The Morgan fingerprint density at radius 1 is 1.02 bits per heavy atom. The minimum absolute atomic E-state index is 0.123. The topological polar surface area (TPSA) is 124 Å². The summed E-state index contributed by atoms with van der Waals surface area (Å²) in [5, 5.41) is 32.4. The first-order valence-electron chi connectivity index (χ1n) is 17.6. The number of allylic oxidation sites excluding steroid dienone is 2. The van der Waals surface area contributed by atoms with Gasteiger partial charge in [0.2, 0.25) is 0 Å². The molecule has 0 radical (unpaired) electrons. The molecule has 10 heteroatoms. The second-order valence-corrected chi connectivity index (χ2v) is 12.0. The molecule has 1 aliphatic rings. The lowest BCUT2D eigenvalue weighted by molar-refractivity contribution is -0.137. The molecule has 3 rings (SSSR count). The average molecular weight is 665 g/mol. The highest BCUT2D eigenvalue weighted by Gasteiger charge is 2.23. The fraction of sp³-hybridized carbons (Fsp3) is 0.553. The fourth-order valence-electron chi connectivity index (χ4n) is 5.82. The van der Waals surface area contributed by atoms with Crippen LogP contribution in [-0.2, 0) is 11.3 Å². The van der Waals surface area contributed by atoms with E-state index in [-0.39, 0.29) is 19.6 Å². The molecular formula is C38H60N6O4. The highest BCUT2D eigenvalue weighted by atomic mass is 16.4. The van der Waals surface area contributed by atoms with Gasteiger partial charge in [0.05, 0.1) is 43.4 Å². The molecule has 1 aliphatic heterocycles. The van der Waals surface area contributed by atoms with Crippen LogP contribution in [0.4, 0.5) is 17.1 Å². The summed E-state index contributed by atoms with van der Waals surface area (Å²) in [5.74, 6) is 0.0839. The number of nitrogens with one attached hydrogen (secondary N) is 1. The van der Waals surface area contributed by atoms with Crippen molar-refractivity contribution >= 4 is 34.6 Å². The summed E-state index contributed by atoms with van der Waals surface area (Å²) in [6.07, 6.45) is 4.50. The minimum Gasteiger partial charge on any atom is -0.481 e. The number of amidine groups is 1. The zero-order chi connectivity index (χ0) is 35.5. The van der Waals surface area contributed by atoms with Gasteiger partial charge in [-0.05, 0) is 94.1 Å². The van der Waals surface area contributed by atoms with E-state index in [9.17, 15) is 20.1 Å². The van der Waals surface area contributed by atoms with Crippen molar-refractivity contribution in [1.82, 2.24) is 4.90 Å². The van der Waals surface area contributed by atoms with Crippen molar-refractivity contribution in [1.29, 1.82) is 0 Å². The lowest BCUT2D eigenvalue weighted by Crippen LogP contribution is -2.42. The Morgan fingerprint density at radius 2 is 1.75 bits per heavy atom. The van der Waals surface area contributed by atoms with Crippen LogP contribution >= 0.6 is 0 Å². The van der Waals surface area contributed by atoms with Gasteiger partial charge in [0.15, 0.2) is 0 Å². The number of aliphatic hydroxyl groups is 2. The summed E-state index contributed by atoms with van der Waals surface area (Å²) in [6, 6.07) is 12.8. The number of fused-ring (bicyclic) bond motifs is 1. The number of carbonyl (C=O) groups is 1. The molecule has 0 spiro atoms. The number of hydrogen-bond donors (Lipinski definition) is 4. The molecule has 4 N–H and O–H groups in total. The second-order valence-electron chi connectivity index (χ2n) is 12.0. The van der Waals surface area contributed by atoms with E-state index in [0.29, 0.717) is 51.4 Å². The van der Waals surface area contributed by atoms with Gasteiger partial charge in [-0.15, -0.1) is 0 Å². The molecule has 0 bridgehead atoms. The van der Waals surface area contributed by atoms with Crippen LogP contribution in [0.15, 0.2) is 58.2 Å². The van der Waals surface area contributed by atoms with Crippen LogP contribution in [0.3, 0.4) is 0 Å². The quantitative estimate of drug-likeness (QED) is 0.102. The molecule has 0 fully saturated rings. The lowest BCUT2D eigenvalue weighted by Gasteiger charge is -2.34. The van der Waals surface area contributed by atoms with Crippen molar-refractivity contribution in [2.75, 3.05) is 74.1 Å². The van der Waals surface area contributed by atoms with Crippen LogP contribution in [0, 0.1) is 13.8 Å². The number of hydrogen-bond acceptors (Lipinski definition) is 8. The van der Waals surface area contributed by atoms with Gasteiger partial charge in [-0.25, -0.2) is 0 Å².